The lowest BCUT2D eigenvalue weighted by atomic mass is 10.1. The molecule has 1 aromatic rings. The number of Topliss-reactive ketones (excluding diaryl/α,β-unsaturated/α-hetero) is 1. The summed E-state index contributed by atoms with van der Waals surface area (Å²) in [7, 11) is 4.56. The van der Waals surface area contributed by atoms with Gasteiger partial charge in [-0.05, 0) is 12.1 Å². The lowest BCUT2D eigenvalue weighted by Crippen LogP contribution is -2.07. The minimum absolute atomic E-state index is 0.0519. The summed E-state index contributed by atoms with van der Waals surface area (Å²) >= 11 is 0. The van der Waals surface area contributed by atoms with E-state index in [-0.39, 0.29) is 12.4 Å². The van der Waals surface area contributed by atoms with Crippen molar-refractivity contribution in [3.63, 3.8) is 0 Å². The zero-order chi connectivity index (χ0) is 11.3. The van der Waals surface area contributed by atoms with Crippen molar-refractivity contribution in [3.8, 4) is 11.5 Å². The molecule has 1 aromatic carbocycles. The SMILES string of the molecule is COCC(=O)c1cc(OC)cc(OC)c1. The van der Waals surface area contributed by atoms with Crippen LogP contribution in [-0.2, 0) is 4.74 Å². The van der Waals surface area contributed by atoms with Gasteiger partial charge in [-0.3, -0.25) is 4.79 Å². The van der Waals surface area contributed by atoms with E-state index in [2.05, 4.69) is 0 Å². The molecule has 0 N–H and O–H groups in total. The van der Waals surface area contributed by atoms with Gasteiger partial charge in [0.2, 0.25) is 0 Å². The summed E-state index contributed by atoms with van der Waals surface area (Å²) in [5.74, 6) is 1.08. The maximum atomic E-state index is 11.5. The molecule has 0 unspecified atom stereocenters. The Balaban J connectivity index is 3.01. The molecule has 0 atom stereocenters. The molecule has 0 aromatic heterocycles. The fourth-order valence-corrected chi connectivity index (χ4v) is 1.18. The predicted octanol–water partition coefficient (Wildman–Crippen LogP) is 1.53. The number of benzene rings is 1. The number of hydrogen-bond acceptors (Lipinski definition) is 4. The summed E-state index contributed by atoms with van der Waals surface area (Å²) in [4.78, 5) is 11.5. The highest BCUT2D eigenvalue weighted by Gasteiger charge is 2.09. The minimum Gasteiger partial charge on any atom is -0.497 e. The first-order valence-electron chi connectivity index (χ1n) is 4.46. The van der Waals surface area contributed by atoms with Gasteiger partial charge >= 0.3 is 0 Å². The number of ketones is 1. The van der Waals surface area contributed by atoms with Gasteiger partial charge in [0.15, 0.2) is 5.78 Å². The van der Waals surface area contributed by atoms with Gasteiger partial charge in [-0.15, -0.1) is 0 Å². The summed E-state index contributed by atoms with van der Waals surface area (Å²) in [6, 6.07) is 5.03. The van der Waals surface area contributed by atoms with Crippen molar-refractivity contribution in [1.82, 2.24) is 0 Å². The molecule has 0 amide bonds. The molecule has 15 heavy (non-hydrogen) atoms. The molecule has 0 saturated carbocycles. The van der Waals surface area contributed by atoms with Crippen LogP contribution in [0.25, 0.3) is 0 Å². The fraction of sp³-hybridized carbons (Fsp3) is 0.364. The number of ether oxygens (including phenoxy) is 3. The Morgan fingerprint density at radius 1 is 1.07 bits per heavy atom. The molecular formula is C11H14O4. The molecule has 0 aliphatic rings. The Morgan fingerprint density at radius 3 is 2.00 bits per heavy atom. The van der Waals surface area contributed by atoms with Crippen LogP contribution in [0.15, 0.2) is 18.2 Å². The number of carbonyl (C=O) groups excluding carboxylic acids is 1. The quantitative estimate of drug-likeness (QED) is 0.691. The Labute approximate surface area is 88.8 Å². The molecule has 82 valence electrons. The van der Waals surface area contributed by atoms with Crippen molar-refractivity contribution in [2.75, 3.05) is 27.9 Å². The second kappa shape index (κ2) is 5.36. The van der Waals surface area contributed by atoms with Crippen LogP contribution in [0.3, 0.4) is 0 Å². The molecule has 0 aliphatic carbocycles. The average molecular weight is 210 g/mol. The van der Waals surface area contributed by atoms with Crippen LogP contribution in [0.2, 0.25) is 0 Å². The van der Waals surface area contributed by atoms with Gasteiger partial charge in [0.25, 0.3) is 0 Å². The molecule has 1 rings (SSSR count). The molecule has 0 radical (unpaired) electrons. The smallest absolute Gasteiger partial charge is 0.188 e. The van der Waals surface area contributed by atoms with Gasteiger partial charge < -0.3 is 14.2 Å². The second-order valence-corrected chi connectivity index (χ2v) is 2.96. The third-order valence-corrected chi connectivity index (χ3v) is 1.95. The van der Waals surface area contributed by atoms with E-state index in [0.717, 1.165) is 0 Å². The second-order valence-electron chi connectivity index (χ2n) is 2.96. The lowest BCUT2D eigenvalue weighted by Gasteiger charge is -2.07. The molecule has 0 saturated heterocycles. The third kappa shape index (κ3) is 2.95. The highest BCUT2D eigenvalue weighted by atomic mass is 16.5. The van der Waals surface area contributed by atoms with Gasteiger partial charge in [0.1, 0.15) is 18.1 Å². The lowest BCUT2D eigenvalue weighted by molar-refractivity contribution is 0.0847. The Hall–Kier alpha value is -1.55. The van der Waals surface area contributed by atoms with Gasteiger partial charge in [0, 0.05) is 18.7 Å². The first-order chi connectivity index (χ1) is 7.21. The van der Waals surface area contributed by atoms with Crippen molar-refractivity contribution in [2.45, 2.75) is 0 Å². The molecule has 4 heteroatoms. The first-order valence-corrected chi connectivity index (χ1v) is 4.46. The van der Waals surface area contributed by atoms with Crippen molar-refractivity contribution < 1.29 is 19.0 Å². The van der Waals surface area contributed by atoms with E-state index in [1.807, 2.05) is 0 Å². The van der Waals surface area contributed by atoms with E-state index in [1.165, 1.54) is 7.11 Å². The van der Waals surface area contributed by atoms with Crippen LogP contribution >= 0.6 is 0 Å². The van der Waals surface area contributed by atoms with Crippen molar-refractivity contribution in [3.05, 3.63) is 23.8 Å². The van der Waals surface area contributed by atoms with E-state index >= 15 is 0 Å². The van der Waals surface area contributed by atoms with Crippen LogP contribution in [0.4, 0.5) is 0 Å². The molecule has 0 fully saturated rings. The average Bonchev–Trinajstić information content (AvgIpc) is 2.28. The standard InChI is InChI=1S/C11H14O4/c1-13-7-11(12)8-4-9(14-2)6-10(5-8)15-3/h4-6H,7H2,1-3H3. The number of carbonyl (C=O) groups is 1. The van der Waals surface area contributed by atoms with Gasteiger partial charge in [-0.1, -0.05) is 0 Å². The maximum Gasteiger partial charge on any atom is 0.188 e. The number of hydrogen-bond donors (Lipinski definition) is 0. The monoisotopic (exact) mass is 210 g/mol. The molecule has 0 heterocycles. The topological polar surface area (TPSA) is 44.8 Å². The van der Waals surface area contributed by atoms with Crippen LogP contribution in [0.1, 0.15) is 10.4 Å². The summed E-state index contributed by atoms with van der Waals surface area (Å²) in [6.07, 6.45) is 0. The Morgan fingerprint density at radius 2 is 1.60 bits per heavy atom. The van der Waals surface area contributed by atoms with Gasteiger partial charge in [-0.25, -0.2) is 0 Å². The first kappa shape index (κ1) is 11.5. The van der Waals surface area contributed by atoms with Crippen LogP contribution in [-0.4, -0.2) is 33.7 Å². The van der Waals surface area contributed by atoms with E-state index in [4.69, 9.17) is 14.2 Å². The minimum atomic E-state index is -0.102. The highest BCUT2D eigenvalue weighted by Crippen LogP contribution is 2.22. The molecule has 0 aliphatic heterocycles. The van der Waals surface area contributed by atoms with Crippen LogP contribution in [0, 0.1) is 0 Å². The van der Waals surface area contributed by atoms with Crippen molar-refractivity contribution in [2.24, 2.45) is 0 Å². The van der Waals surface area contributed by atoms with Crippen LogP contribution < -0.4 is 9.47 Å². The normalized spacial score (nSPS) is 9.80. The summed E-state index contributed by atoms with van der Waals surface area (Å²) < 4.78 is 14.9. The molecular weight excluding hydrogens is 196 g/mol. The van der Waals surface area contributed by atoms with Crippen LogP contribution in [0.5, 0.6) is 11.5 Å². The Bertz CT molecular complexity index is 324. The zero-order valence-electron chi connectivity index (χ0n) is 9.07. The summed E-state index contributed by atoms with van der Waals surface area (Å²) in [6.45, 7) is 0.0519. The van der Waals surface area contributed by atoms with Crippen molar-refractivity contribution in [1.29, 1.82) is 0 Å². The van der Waals surface area contributed by atoms with E-state index in [1.54, 1.807) is 32.4 Å². The van der Waals surface area contributed by atoms with Gasteiger partial charge in [0.05, 0.1) is 14.2 Å². The van der Waals surface area contributed by atoms with E-state index in [0.29, 0.717) is 17.1 Å². The molecule has 0 spiro atoms. The van der Waals surface area contributed by atoms with E-state index < -0.39 is 0 Å². The van der Waals surface area contributed by atoms with Gasteiger partial charge in [-0.2, -0.15) is 0 Å². The van der Waals surface area contributed by atoms with E-state index in [9.17, 15) is 4.79 Å². The third-order valence-electron chi connectivity index (χ3n) is 1.95. The highest BCUT2D eigenvalue weighted by molar-refractivity contribution is 5.97. The summed E-state index contributed by atoms with van der Waals surface area (Å²) in [5, 5.41) is 0. The number of rotatable bonds is 5. The van der Waals surface area contributed by atoms with Crippen molar-refractivity contribution >= 4 is 5.78 Å². The fourth-order valence-electron chi connectivity index (χ4n) is 1.18. The number of methoxy groups -OCH3 is 3. The molecule has 4 nitrogen and oxygen atoms in total. The maximum absolute atomic E-state index is 11.5. The zero-order valence-corrected chi connectivity index (χ0v) is 9.07. The largest absolute Gasteiger partial charge is 0.497 e. The Kier molecular flexibility index (Phi) is 4.12. The predicted molar refractivity (Wildman–Crippen MR) is 55.8 cm³/mol. The summed E-state index contributed by atoms with van der Waals surface area (Å²) in [5.41, 5.74) is 0.521. The molecule has 0 bridgehead atoms.